The van der Waals surface area contributed by atoms with Gasteiger partial charge in [-0.25, -0.2) is 10.4 Å². The topological polar surface area (TPSA) is 55.9 Å². The normalized spacial score (nSPS) is 24.2. The van der Waals surface area contributed by atoms with E-state index >= 15 is 0 Å². The minimum Gasteiger partial charge on any atom is -0.338 e. The van der Waals surface area contributed by atoms with Crippen molar-refractivity contribution in [3.8, 4) is 0 Å². The number of benzene rings is 3. The van der Waals surface area contributed by atoms with Crippen LogP contribution in [0.5, 0.6) is 0 Å². The first kappa shape index (κ1) is 22.0. The molecule has 0 aliphatic carbocycles. The quantitative estimate of drug-likeness (QED) is 0.642. The first-order valence-electron chi connectivity index (χ1n) is 12.4. The summed E-state index contributed by atoms with van der Waals surface area (Å²) in [6.07, 6.45) is 0.874. The molecule has 3 atom stereocenters. The number of nitrogens with zero attached hydrogens (tertiary/aromatic N) is 3. The van der Waals surface area contributed by atoms with E-state index in [1.165, 1.54) is 16.7 Å². The number of fused-ring (bicyclic) bond motifs is 2. The lowest BCUT2D eigenvalue weighted by molar-refractivity contribution is -0.140. The van der Waals surface area contributed by atoms with Gasteiger partial charge in [-0.15, -0.1) is 0 Å². The molecule has 1 N–H and O–H groups in total. The highest BCUT2D eigenvalue weighted by molar-refractivity contribution is 5.98. The summed E-state index contributed by atoms with van der Waals surface area (Å²) in [5.41, 5.74) is 8.01. The third-order valence-corrected chi connectivity index (χ3v) is 7.62. The van der Waals surface area contributed by atoms with E-state index in [4.69, 9.17) is 0 Å². The van der Waals surface area contributed by atoms with E-state index in [-0.39, 0.29) is 29.7 Å². The first-order chi connectivity index (χ1) is 17.2. The number of anilines is 1. The van der Waals surface area contributed by atoms with Crippen molar-refractivity contribution in [1.29, 1.82) is 0 Å². The van der Waals surface area contributed by atoms with Gasteiger partial charge in [0.25, 0.3) is 0 Å². The lowest BCUT2D eigenvalue weighted by Gasteiger charge is -2.41. The number of hydrogen-bond acceptors (Lipinski definition) is 4. The molecule has 0 radical (unpaired) electrons. The number of hydrogen-bond donors (Lipinski definition) is 1. The summed E-state index contributed by atoms with van der Waals surface area (Å²) in [4.78, 5) is 31.8. The molecule has 3 aliphatic rings. The van der Waals surface area contributed by atoms with E-state index in [1.54, 1.807) is 5.01 Å². The molecule has 6 heteroatoms. The van der Waals surface area contributed by atoms with Crippen molar-refractivity contribution >= 4 is 17.5 Å². The van der Waals surface area contributed by atoms with Crippen molar-refractivity contribution in [3.63, 3.8) is 0 Å². The third-order valence-electron chi connectivity index (χ3n) is 7.62. The van der Waals surface area contributed by atoms with Crippen LogP contribution in [0.2, 0.25) is 0 Å². The summed E-state index contributed by atoms with van der Waals surface area (Å²) < 4.78 is 0. The van der Waals surface area contributed by atoms with E-state index < -0.39 is 0 Å². The predicted octanol–water partition coefficient (Wildman–Crippen LogP) is 3.24. The number of rotatable bonds is 4. The molecule has 2 amide bonds. The van der Waals surface area contributed by atoms with E-state index in [1.807, 2.05) is 59.5 Å². The number of hydrazine groups is 1. The molecule has 35 heavy (non-hydrogen) atoms. The summed E-state index contributed by atoms with van der Waals surface area (Å²) >= 11 is 0. The van der Waals surface area contributed by atoms with Crippen molar-refractivity contribution in [3.05, 3.63) is 102 Å². The van der Waals surface area contributed by atoms with Crippen LogP contribution in [0.1, 0.15) is 16.7 Å². The van der Waals surface area contributed by atoms with Crippen molar-refractivity contribution in [1.82, 2.24) is 15.2 Å². The van der Waals surface area contributed by atoms with Crippen LogP contribution in [-0.4, -0.2) is 47.3 Å². The number of para-hydroxylation sites is 1. The SMILES string of the molecule is O=C(C1CN(Cc2ccccc2)CC2C(=O)N(c3ccccc3)NC12)N1CCc2ccccc2C1. The smallest absolute Gasteiger partial charge is 0.247 e. The summed E-state index contributed by atoms with van der Waals surface area (Å²) in [5.74, 6) is -0.373. The Labute approximate surface area is 206 Å². The predicted molar refractivity (Wildman–Crippen MR) is 135 cm³/mol. The van der Waals surface area contributed by atoms with E-state index in [0.29, 0.717) is 19.6 Å². The zero-order valence-corrected chi connectivity index (χ0v) is 19.7. The monoisotopic (exact) mass is 466 g/mol. The Morgan fingerprint density at radius 2 is 1.54 bits per heavy atom. The zero-order chi connectivity index (χ0) is 23.8. The van der Waals surface area contributed by atoms with Crippen molar-refractivity contribution in [2.75, 3.05) is 24.6 Å². The molecule has 3 unspecified atom stereocenters. The van der Waals surface area contributed by atoms with Gasteiger partial charge in [-0.3, -0.25) is 14.5 Å². The molecule has 0 bridgehead atoms. The highest BCUT2D eigenvalue weighted by atomic mass is 16.2. The van der Waals surface area contributed by atoms with Gasteiger partial charge in [0.2, 0.25) is 11.8 Å². The van der Waals surface area contributed by atoms with E-state index in [2.05, 4.69) is 40.7 Å². The molecule has 3 heterocycles. The minimum atomic E-state index is -0.291. The van der Waals surface area contributed by atoms with Crippen LogP contribution in [0.15, 0.2) is 84.9 Å². The van der Waals surface area contributed by atoms with Crippen LogP contribution in [0.25, 0.3) is 0 Å². The Morgan fingerprint density at radius 3 is 2.31 bits per heavy atom. The second-order valence-electron chi connectivity index (χ2n) is 9.84. The van der Waals surface area contributed by atoms with Crippen molar-refractivity contribution in [2.45, 2.75) is 25.6 Å². The summed E-state index contributed by atoms with van der Waals surface area (Å²) in [6, 6.07) is 28.1. The maximum Gasteiger partial charge on any atom is 0.247 e. The van der Waals surface area contributed by atoms with Crippen molar-refractivity contribution < 1.29 is 9.59 Å². The fourth-order valence-corrected chi connectivity index (χ4v) is 5.83. The summed E-state index contributed by atoms with van der Waals surface area (Å²) in [5, 5.41) is 1.66. The zero-order valence-electron chi connectivity index (χ0n) is 19.7. The van der Waals surface area contributed by atoms with Crippen LogP contribution >= 0.6 is 0 Å². The summed E-state index contributed by atoms with van der Waals surface area (Å²) in [7, 11) is 0. The molecule has 0 spiro atoms. The number of likely N-dealkylation sites (tertiary alicyclic amines) is 1. The van der Waals surface area contributed by atoms with Crippen LogP contribution in [-0.2, 0) is 29.1 Å². The number of amides is 2. The number of carbonyl (C=O) groups is 2. The molecule has 2 saturated heterocycles. The Balaban J connectivity index is 1.28. The lowest BCUT2D eigenvalue weighted by Crippen LogP contribution is -2.57. The highest BCUT2D eigenvalue weighted by Crippen LogP contribution is 2.34. The lowest BCUT2D eigenvalue weighted by atomic mass is 9.83. The minimum absolute atomic E-state index is 0.0424. The largest absolute Gasteiger partial charge is 0.338 e. The fourth-order valence-electron chi connectivity index (χ4n) is 5.83. The highest BCUT2D eigenvalue weighted by Gasteiger charge is 2.51. The first-order valence-corrected chi connectivity index (χ1v) is 12.4. The molecule has 2 fully saturated rings. The Kier molecular flexibility index (Phi) is 5.84. The van der Waals surface area contributed by atoms with Gasteiger partial charge in [0.1, 0.15) is 0 Å². The standard InChI is InChI=1S/C29H30N4O2/c34-28(32-16-15-22-11-7-8-12-23(22)18-32)25-19-31(17-21-9-3-1-4-10-21)20-26-27(25)30-33(29(26)35)24-13-5-2-6-14-24/h1-14,25-27,30H,15-20H2. The molecular formula is C29H30N4O2. The average molecular weight is 467 g/mol. The van der Waals surface area contributed by atoms with Crippen LogP contribution in [0.3, 0.4) is 0 Å². The van der Waals surface area contributed by atoms with Gasteiger partial charge in [0.05, 0.1) is 23.6 Å². The Bertz CT molecular complexity index is 1220. The third kappa shape index (κ3) is 4.24. The van der Waals surface area contributed by atoms with E-state index in [9.17, 15) is 9.59 Å². The molecule has 3 aromatic carbocycles. The van der Waals surface area contributed by atoms with Gasteiger partial charge >= 0.3 is 0 Å². The van der Waals surface area contributed by atoms with Gasteiger partial charge < -0.3 is 4.90 Å². The molecule has 0 saturated carbocycles. The van der Waals surface area contributed by atoms with Gasteiger partial charge in [0, 0.05) is 32.7 Å². The van der Waals surface area contributed by atoms with Gasteiger partial charge in [0.15, 0.2) is 0 Å². The van der Waals surface area contributed by atoms with Gasteiger partial charge in [-0.1, -0.05) is 72.8 Å². The molecule has 178 valence electrons. The van der Waals surface area contributed by atoms with Crippen LogP contribution < -0.4 is 10.4 Å². The molecule has 0 aromatic heterocycles. The summed E-state index contributed by atoms with van der Waals surface area (Å²) in [6.45, 7) is 3.36. The van der Waals surface area contributed by atoms with Crippen LogP contribution in [0, 0.1) is 11.8 Å². The van der Waals surface area contributed by atoms with Gasteiger partial charge in [-0.2, -0.15) is 0 Å². The Hall–Kier alpha value is -3.48. The van der Waals surface area contributed by atoms with E-state index in [0.717, 1.165) is 25.2 Å². The molecule has 3 aliphatic heterocycles. The average Bonchev–Trinajstić information content (AvgIpc) is 3.25. The maximum atomic E-state index is 14.0. The van der Waals surface area contributed by atoms with Crippen LogP contribution in [0.4, 0.5) is 5.69 Å². The molecule has 3 aromatic rings. The maximum absolute atomic E-state index is 14.0. The number of nitrogens with one attached hydrogen (secondary N) is 1. The van der Waals surface area contributed by atoms with Gasteiger partial charge in [-0.05, 0) is 35.2 Å². The molecular weight excluding hydrogens is 436 g/mol. The molecule has 6 nitrogen and oxygen atoms in total. The number of carbonyl (C=O) groups excluding carboxylic acids is 2. The van der Waals surface area contributed by atoms with Crippen molar-refractivity contribution in [2.24, 2.45) is 11.8 Å². The second kappa shape index (κ2) is 9.29. The number of piperidine rings is 1. The molecule has 6 rings (SSSR count). The fraction of sp³-hybridized carbons (Fsp3) is 0.310. The second-order valence-corrected chi connectivity index (χ2v) is 9.84. The Morgan fingerprint density at radius 1 is 0.857 bits per heavy atom.